The summed E-state index contributed by atoms with van der Waals surface area (Å²) in [5, 5.41) is 66.9. The molecule has 0 atom stereocenters. The van der Waals surface area contributed by atoms with Crippen LogP contribution in [0.1, 0.15) is 83.8 Å². The first-order valence-electron chi connectivity index (χ1n) is 28.6. The van der Waals surface area contributed by atoms with Crippen LogP contribution < -0.4 is 18.9 Å². The van der Waals surface area contributed by atoms with Gasteiger partial charge in [-0.15, -0.1) is 0 Å². The van der Waals surface area contributed by atoms with Gasteiger partial charge >= 0.3 is 78.9 Å². The number of aliphatic carboxylic acids is 4. The van der Waals surface area contributed by atoms with Crippen molar-refractivity contribution in [2.45, 2.75) is 25.7 Å². The Morgan fingerprint density at radius 3 is 0.820 bits per heavy atom. The summed E-state index contributed by atoms with van der Waals surface area (Å²) < 4.78 is 20.9. The number of nitro benzene ring substituents is 3. The van der Waals surface area contributed by atoms with Crippen molar-refractivity contribution in [2.75, 3.05) is 26.4 Å². The minimum atomic E-state index is -1.72. The third-order valence-electron chi connectivity index (χ3n) is 11.7. The number of hydrogen-bond acceptors (Lipinski definition) is 20. The fourth-order valence-electron chi connectivity index (χ4n) is 7.07. The molecule has 0 aliphatic rings. The number of halogens is 4. The van der Waals surface area contributed by atoms with E-state index in [0.29, 0.717) is 62.1 Å². The van der Waals surface area contributed by atoms with Crippen molar-refractivity contribution in [3.05, 3.63) is 269 Å². The molecule has 0 radical (unpaired) electrons. The van der Waals surface area contributed by atoms with Gasteiger partial charge in [0.1, 0.15) is 23.0 Å². The van der Waals surface area contributed by atoms with E-state index in [-0.39, 0.29) is 106 Å². The molecule has 0 saturated carbocycles. The number of carbonyl (C=O) groups excluding carboxylic acids is 4. The maximum absolute atomic E-state index is 12.3. The molecular weight excluding hydrogens is 1470 g/mol. The third-order valence-corrected chi connectivity index (χ3v) is 12.0. The van der Waals surface area contributed by atoms with Crippen molar-refractivity contribution in [3.8, 4) is 23.0 Å². The number of benzene rings is 8. The van der Waals surface area contributed by atoms with Gasteiger partial charge in [-0.1, -0.05) is 18.2 Å². The molecule has 0 spiro atoms. The number of ketones is 3. The molecular formula is C65H55AlCl4N4Na2O22S2. The second-order valence-corrected chi connectivity index (χ2v) is 25.5. The van der Waals surface area contributed by atoms with E-state index in [2.05, 4.69) is 22.4 Å². The number of para-hydroxylation sites is 1. The van der Waals surface area contributed by atoms with Crippen LogP contribution in [0.3, 0.4) is 0 Å². The normalized spacial score (nSPS) is 9.48. The minimum absolute atomic E-state index is 0. The van der Waals surface area contributed by atoms with Gasteiger partial charge in [-0.2, -0.15) is 18.5 Å². The SMILES string of the molecule is O=C(Cl)c1ccc([N+](=O)[O-])cc1.O=C(O)CCOc1ccc(C(=O)c2ccc(N=C=S)cc2)cc1.O=C(O)CCOc1ccc(C(=O)c2ccc([N+](=O)[O-])cc2)cc1.O=C(O)CCOc1ccc(C(=O)c2ccc([N+](=O)[O-])cc2)cc1.O=C(O)CCOc1ccccc1.S.[Cl][Al]([Cl])[Cl].[Na][Na]. The van der Waals surface area contributed by atoms with E-state index in [9.17, 15) is 68.7 Å². The van der Waals surface area contributed by atoms with Crippen LogP contribution in [0.4, 0.5) is 22.7 Å². The third kappa shape index (κ3) is 37.7. The summed E-state index contributed by atoms with van der Waals surface area (Å²) in [7, 11) is 14.8. The molecule has 8 rings (SSSR count). The molecule has 0 heterocycles. The summed E-state index contributed by atoms with van der Waals surface area (Å²) in [4.78, 5) is 122. The van der Waals surface area contributed by atoms with E-state index >= 15 is 0 Å². The number of nitro groups is 3. The first-order valence-corrected chi connectivity index (χ1v) is 42.6. The van der Waals surface area contributed by atoms with Crippen LogP contribution in [0.2, 0.25) is 0 Å². The summed E-state index contributed by atoms with van der Waals surface area (Å²) >= 11 is 10.8. The number of nitrogens with zero attached hydrogens (tertiary/aromatic N) is 4. The zero-order valence-electron chi connectivity index (χ0n) is 52.6. The molecule has 35 heteroatoms. The fraction of sp³-hybridized carbons (Fsp3) is 0.123. The van der Waals surface area contributed by atoms with Gasteiger partial charge in [-0.05, 0) is 169 Å². The molecule has 0 fully saturated rings. The van der Waals surface area contributed by atoms with E-state index < -0.39 is 55.3 Å². The van der Waals surface area contributed by atoms with Gasteiger partial charge < -0.3 is 39.4 Å². The van der Waals surface area contributed by atoms with Gasteiger partial charge in [0.2, 0.25) is 0 Å². The molecule has 0 bridgehead atoms. The zero-order chi connectivity index (χ0) is 73.8. The van der Waals surface area contributed by atoms with Gasteiger partial charge in [0.05, 0.1) is 77.7 Å². The monoisotopic (exact) mass is 1520 g/mol. The summed E-state index contributed by atoms with van der Waals surface area (Å²) in [5.74, 6) is -2.16. The van der Waals surface area contributed by atoms with E-state index in [0.717, 1.165) is 0 Å². The fourth-order valence-corrected chi connectivity index (χ4v) is 7.30. The Balaban J connectivity index is 0.000000625. The van der Waals surface area contributed by atoms with E-state index in [1.54, 1.807) is 109 Å². The molecule has 26 nitrogen and oxygen atoms in total. The molecule has 0 saturated heterocycles. The average Bonchev–Trinajstić information content (AvgIpc) is 0.859. The molecule has 512 valence electrons. The first kappa shape index (κ1) is 89.6. The number of carboxylic acid groups (broad SMARTS) is 4. The average molecular weight is 1520 g/mol. The molecule has 0 aliphatic heterocycles. The molecule has 4 N–H and O–H groups in total. The Morgan fingerprint density at radius 2 is 0.610 bits per heavy atom. The van der Waals surface area contributed by atoms with Crippen molar-refractivity contribution in [3.63, 3.8) is 0 Å². The van der Waals surface area contributed by atoms with Crippen LogP contribution in [0.15, 0.2) is 205 Å². The number of ether oxygens (including phenoxy) is 4. The first-order chi connectivity index (χ1) is 47.2. The Kier molecular flexibility index (Phi) is 45.5. The molecule has 0 aromatic heterocycles. The van der Waals surface area contributed by atoms with Crippen LogP contribution in [-0.2, 0) is 19.2 Å². The van der Waals surface area contributed by atoms with Crippen molar-refractivity contribution in [1.29, 1.82) is 0 Å². The summed E-state index contributed by atoms with van der Waals surface area (Å²) in [6, 6.07) is 50.7. The number of thiocarbonyl (C=S) groups is 1. The van der Waals surface area contributed by atoms with Crippen molar-refractivity contribution < 1.29 is 92.5 Å². The molecule has 0 amide bonds. The Bertz CT molecular complexity index is 3680. The van der Waals surface area contributed by atoms with Gasteiger partial charge in [0.25, 0.3) is 22.3 Å². The second-order valence-electron chi connectivity index (χ2n) is 18.5. The van der Waals surface area contributed by atoms with Crippen LogP contribution >= 0.6 is 67.5 Å². The van der Waals surface area contributed by atoms with Crippen molar-refractivity contribution >= 4 is 197 Å². The number of carbonyl (C=O) groups is 8. The second kappa shape index (κ2) is 50.8. The number of carboxylic acids is 4. The number of hydrogen-bond donors (Lipinski definition) is 4. The predicted molar refractivity (Wildman–Crippen MR) is 383 cm³/mol. The predicted octanol–water partition coefficient (Wildman–Crippen LogP) is 13.4. The van der Waals surface area contributed by atoms with Crippen molar-refractivity contribution in [2.24, 2.45) is 4.99 Å². The molecule has 0 aliphatic carbocycles. The van der Waals surface area contributed by atoms with E-state index in [1.165, 1.54) is 116 Å². The number of isothiocyanates is 1. The quantitative estimate of drug-likeness (QED) is 0.00706. The van der Waals surface area contributed by atoms with Gasteiger partial charge in [0.15, 0.2) is 17.3 Å². The molecule has 8 aromatic rings. The number of aliphatic imine (C=N–C) groups is 1. The van der Waals surface area contributed by atoms with Crippen LogP contribution in [-0.4, -0.2) is 168 Å². The van der Waals surface area contributed by atoms with Gasteiger partial charge in [0, 0.05) is 75.3 Å². The van der Waals surface area contributed by atoms with E-state index in [4.69, 9.17) is 81.1 Å². The van der Waals surface area contributed by atoms with Crippen molar-refractivity contribution in [1.82, 2.24) is 0 Å². The van der Waals surface area contributed by atoms with Crippen LogP contribution in [0.25, 0.3) is 0 Å². The topological polar surface area (TPSA) is 396 Å². The van der Waals surface area contributed by atoms with E-state index in [1.807, 2.05) is 18.2 Å². The Hall–Kier alpha value is -8.44. The van der Waals surface area contributed by atoms with Crippen LogP contribution in [0, 0.1) is 30.3 Å². The Labute approximate surface area is 632 Å². The molecule has 0 unspecified atom stereocenters. The van der Waals surface area contributed by atoms with Crippen LogP contribution in [0.5, 0.6) is 23.0 Å². The molecule has 8 aromatic carbocycles. The molecule has 100 heavy (non-hydrogen) atoms. The summed E-state index contributed by atoms with van der Waals surface area (Å²) in [6.07, 6.45) is -0.251. The standard InChI is InChI=1S/C17H13NO4S.2C16H13NO6.C9H10O3.C7H4ClNO3.Al.3ClH.2Na.H2S/c19-16(20)9-10-22-15-7-3-13(4-8-15)17(21)12-1-5-14(6-2-12)18-11-23;2*18-15(19)9-10-23-14-7-3-12(4-8-14)16(20)11-1-5-13(6-2-11)17(21)22;10-9(11)6-7-12-8-4-2-1-3-5-8;8-7(10)5-1-3-6(4-2-5)9(11)12;;;;;;;/h1-8H,9-10H2,(H,19,20);2*1-8H,9-10H2,(H,18,19);1-5H,6-7H2,(H,10,11);1-4H;;3*1H;;;1H2/q;;;;;+3;;;;;;/p-3. The summed E-state index contributed by atoms with van der Waals surface area (Å²) in [6.45, 7) is 0.403. The summed E-state index contributed by atoms with van der Waals surface area (Å²) in [5.41, 5.74) is 3.22. The number of rotatable bonds is 27. The van der Waals surface area contributed by atoms with Gasteiger partial charge in [-0.3, -0.25) is 68.7 Å². The number of non-ortho nitro benzene ring substituents is 3. The Morgan fingerprint density at radius 1 is 0.400 bits per heavy atom. The zero-order valence-corrected chi connectivity index (χ0v) is 62.6. The van der Waals surface area contributed by atoms with Gasteiger partial charge in [-0.25, -0.2) is 30.1 Å². The maximum atomic E-state index is 12.3.